The van der Waals surface area contributed by atoms with E-state index < -0.39 is 23.1 Å². The summed E-state index contributed by atoms with van der Waals surface area (Å²) in [5.41, 5.74) is 1.07. The number of hydrogen-bond acceptors (Lipinski definition) is 4. The molecule has 9 heteroatoms. The van der Waals surface area contributed by atoms with Crippen molar-refractivity contribution >= 4 is 17.6 Å². The average Bonchev–Trinajstić information content (AvgIpc) is 3.55. The standard InChI is InChI=1S/C25H27F2N5O2/c1-14-17(12-29-24(34)22-19(26)13-32(31-22)25(2,3)4)7-8-18(21(14)27)16-9-10-28-20(11-16)30-23(33)15-5-6-15/h7-11,13,15H,5-6,12H2,1-4H3,(H,29,34)(H,28,30,33). The Kier molecular flexibility index (Phi) is 6.20. The third kappa shape index (κ3) is 4.98. The predicted octanol–water partition coefficient (Wildman–Crippen LogP) is 4.57. The number of benzene rings is 1. The van der Waals surface area contributed by atoms with Crippen LogP contribution in [0.25, 0.3) is 11.1 Å². The lowest BCUT2D eigenvalue weighted by atomic mass is 9.99. The van der Waals surface area contributed by atoms with E-state index in [1.165, 1.54) is 17.1 Å². The van der Waals surface area contributed by atoms with Gasteiger partial charge in [0.05, 0.1) is 11.7 Å². The normalized spacial score (nSPS) is 13.6. The fourth-order valence-electron chi connectivity index (χ4n) is 3.49. The van der Waals surface area contributed by atoms with Crippen molar-refractivity contribution in [1.82, 2.24) is 20.1 Å². The molecular weight excluding hydrogens is 440 g/mol. The van der Waals surface area contributed by atoms with Crippen molar-refractivity contribution < 1.29 is 18.4 Å². The molecule has 0 unspecified atom stereocenters. The zero-order valence-electron chi connectivity index (χ0n) is 19.6. The molecule has 4 rings (SSSR count). The van der Waals surface area contributed by atoms with Crippen molar-refractivity contribution in [3.8, 4) is 11.1 Å². The van der Waals surface area contributed by atoms with Gasteiger partial charge in [0.25, 0.3) is 5.91 Å². The van der Waals surface area contributed by atoms with Crippen LogP contribution in [0, 0.1) is 24.5 Å². The summed E-state index contributed by atoms with van der Waals surface area (Å²) in [7, 11) is 0. The summed E-state index contributed by atoms with van der Waals surface area (Å²) in [4.78, 5) is 28.6. The van der Waals surface area contributed by atoms with Crippen molar-refractivity contribution in [2.75, 3.05) is 5.32 Å². The van der Waals surface area contributed by atoms with E-state index in [-0.39, 0.29) is 24.1 Å². The van der Waals surface area contributed by atoms with E-state index in [2.05, 4.69) is 20.7 Å². The number of rotatable bonds is 6. The molecule has 3 aromatic rings. The minimum atomic E-state index is -0.715. The van der Waals surface area contributed by atoms with Crippen molar-refractivity contribution in [1.29, 1.82) is 0 Å². The fourth-order valence-corrected chi connectivity index (χ4v) is 3.49. The Morgan fingerprint density at radius 1 is 1.18 bits per heavy atom. The highest BCUT2D eigenvalue weighted by molar-refractivity contribution is 5.94. The number of halogens is 2. The van der Waals surface area contributed by atoms with E-state index in [1.54, 1.807) is 31.2 Å². The maximum Gasteiger partial charge on any atom is 0.275 e. The first-order valence-corrected chi connectivity index (χ1v) is 11.1. The molecule has 1 aromatic carbocycles. The molecule has 7 nitrogen and oxygen atoms in total. The molecule has 0 spiro atoms. The zero-order chi connectivity index (χ0) is 24.6. The fraction of sp³-hybridized carbons (Fsp3) is 0.360. The smallest absolute Gasteiger partial charge is 0.275 e. The summed E-state index contributed by atoms with van der Waals surface area (Å²) in [6.45, 7) is 7.18. The molecule has 0 atom stereocenters. The van der Waals surface area contributed by atoms with Crippen LogP contribution < -0.4 is 10.6 Å². The molecule has 1 aliphatic carbocycles. The second-order valence-corrected chi connectivity index (χ2v) is 9.53. The Morgan fingerprint density at radius 3 is 2.56 bits per heavy atom. The highest BCUT2D eigenvalue weighted by atomic mass is 19.1. The largest absolute Gasteiger partial charge is 0.346 e. The summed E-state index contributed by atoms with van der Waals surface area (Å²) in [6, 6.07) is 6.62. The van der Waals surface area contributed by atoms with Crippen LogP contribution in [0.4, 0.5) is 14.6 Å². The minimum Gasteiger partial charge on any atom is -0.346 e. The van der Waals surface area contributed by atoms with Gasteiger partial charge in [-0.25, -0.2) is 13.8 Å². The number of pyridine rings is 1. The van der Waals surface area contributed by atoms with E-state index >= 15 is 4.39 Å². The molecule has 0 saturated heterocycles. The Morgan fingerprint density at radius 2 is 1.91 bits per heavy atom. The van der Waals surface area contributed by atoms with Gasteiger partial charge in [0.1, 0.15) is 11.6 Å². The van der Waals surface area contributed by atoms with Gasteiger partial charge in [-0.05, 0) is 69.4 Å². The molecule has 0 bridgehead atoms. The SMILES string of the molecule is Cc1c(CNC(=O)c2nn(C(C)(C)C)cc2F)ccc(-c2ccnc(NC(=O)C3CC3)c2)c1F. The second-order valence-electron chi connectivity index (χ2n) is 9.53. The number of carbonyl (C=O) groups is 2. The molecule has 1 saturated carbocycles. The van der Waals surface area contributed by atoms with E-state index in [0.29, 0.717) is 28.1 Å². The highest BCUT2D eigenvalue weighted by Gasteiger charge is 2.30. The molecule has 2 aromatic heterocycles. The van der Waals surface area contributed by atoms with Crippen LogP contribution in [-0.4, -0.2) is 26.6 Å². The Bertz CT molecular complexity index is 1260. The molecule has 2 amide bonds. The van der Waals surface area contributed by atoms with Gasteiger partial charge in [0.15, 0.2) is 11.5 Å². The van der Waals surface area contributed by atoms with Crippen LogP contribution in [-0.2, 0) is 16.9 Å². The number of anilines is 1. The monoisotopic (exact) mass is 467 g/mol. The van der Waals surface area contributed by atoms with E-state index in [1.807, 2.05) is 20.8 Å². The van der Waals surface area contributed by atoms with Gasteiger partial charge in [-0.1, -0.05) is 12.1 Å². The Labute approximate surface area is 196 Å². The zero-order valence-corrected chi connectivity index (χ0v) is 19.6. The van der Waals surface area contributed by atoms with E-state index in [0.717, 1.165) is 12.8 Å². The first-order chi connectivity index (χ1) is 16.0. The lowest BCUT2D eigenvalue weighted by molar-refractivity contribution is -0.117. The van der Waals surface area contributed by atoms with Gasteiger partial charge in [-0.3, -0.25) is 14.3 Å². The molecule has 1 aliphatic rings. The van der Waals surface area contributed by atoms with Crippen molar-refractivity contribution in [2.24, 2.45) is 5.92 Å². The van der Waals surface area contributed by atoms with Gasteiger partial charge in [-0.2, -0.15) is 5.10 Å². The van der Waals surface area contributed by atoms with Crippen LogP contribution in [0.5, 0.6) is 0 Å². The van der Waals surface area contributed by atoms with Crippen molar-refractivity contribution in [2.45, 2.75) is 52.6 Å². The van der Waals surface area contributed by atoms with Gasteiger partial charge in [0, 0.05) is 24.2 Å². The number of nitrogens with zero attached hydrogens (tertiary/aromatic N) is 3. The number of aromatic nitrogens is 3. The first kappa shape index (κ1) is 23.5. The number of hydrogen-bond donors (Lipinski definition) is 2. The quantitative estimate of drug-likeness (QED) is 0.556. The van der Waals surface area contributed by atoms with Gasteiger partial charge >= 0.3 is 0 Å². The maximum atomic E-state index is 15.2. The van der Waals surface area contributed by atoms with E-state index in [4.69, 9.17) is 0 Å². The topological polar surface area (TPSA) is 88.9 Å². The number of carbonyl (C=O) groups excluding carboxylic acids is 2. The molecule has 178 valence electrons. The minimum absolute atomic E-state index is 0.0166. The summed E-state index contributed by atoms with van der Waals surface area (Å²) in [5, 5.41) is 9.43. The molecule has 0 radical (unpaired) electrons. The number of amides is 2. The Hall–Kier alpha value is -3.62. The van der Waals surface area contributed by atoms with Crippen LogP contribution >= 0.6 is 0 Å². The average molecular weight is 468 g/mol. The Balaban J connectivity index is 1.48. The predicted molar refractivity (Wildman–Crippen MR) is 124 cm³/mol. The van der Waals surface area contributed by atoms with Gasteiger partial charge in [0.2, 0.25) is 5.91 Å². The highest BCUT2D eigenvalue weighted by Crippen LogP contribution is 2.31. The summed E-state index contributed by atoms with van der Waals surface area (Å²) < 4.78 is 30.9. The lowest BCUT2D eigenvalue weighted by Crippen LogP contribution is -2.26. The van der Waals surface area contributed by atoms with Crippen LogP contribution in [0.2, 0.25) is 0 Å². The van der Waals surface area contributed by atoms with Crippen molar-refractivity contribution in [3.05, 3.63) is 65.1 Å². The molecule has 2 N–H and O–H groups in total. The third-order valence-corrected chi connectivity index (χ3v) is 5.78. The first-order valence-electron chi connectivity index (χ1n) is 11.1. The van der Waals surface area contributed by atoms with Crippen LogP contribution in [0.3, 0.4) is 0 Å². The van der Waals surface area contributed by atoms with Crippen LogP contribution in [0.1, 0.15) is 55.2 Å². The van der Waals surface area contributed by atoms with Gasteiger partial charge in [-0.15, -0.1) is 0 Å². The van der Waals surface area contributed by atoms with Crippen molar-refractivity contribution in [3.63, 3.8) is 0 Å². The molecule has 1 fully saturated rings. The summed E-state index contributed by atoms with van der Waals surface area (Å²) in [6.07, 6.45) is 4.46. The summed E-state index contributed by atoms with van der Waals surface area (Å²) >= 11 is 0. The number of nitrogens with one attached hydrogen (secondary N) is 2. The maximum absolute atomic E-state index is 15.2. The molecule has 34 heavy (non-hydrogen) atoms. The molecular formula is C25H27F2N5O2. The second kappa shape index (κ2) is 8.96. The molecule has 2 heterocycles. The molecule has 0 aliphatic heterocycles. The third-order valence-electron chi connectivity index (χ3n) is 5.78. The summed E-state index contributed by atoms with van der Waals surface area (Å²) in [5.74, 6) is -1.49. The van der Waals surface area contributed by atoms with Crippen LogP contribution in [0.15, 0.2) is 36.7 Å². The lowest BCUT2D eigenvalue weighted by Gasteiger charge is -2.18. The van der Waals surface area contributed by atoms with Gasteiger partial charge < -0.3 is 10.6 Å². The van der Waals surface area contributed by atoms with E-state index in [9.17, 15) is 14.0 Å².